The van der Waals surface area contributed by atoms with Gasteiger partial charge in [0.2, 0.25) is 5.91 Å². The Labute approximate surface area is 227 Å². The van der Waals surface area contributed by atoms with Gasteiger partial charge in [0.1, 0.15) is 11.5 Å². The Kier molecular flexibility index (Phi) is 9.03. The van der Waals surface area contributed by atoms with Crippen molar-refractivity contribution < 1.29 is 32.3 Å². The SMILES string of the molecule is CN[C@@H](C)C(=O)C[C@H](C(=O)N1CCC[C@H]1Cn1cc(C(C)=O)c2cc(OC(F)(F)F)ccc21)C1CCCCC1. The number of alkyl halides is 3. The number of aromatic nitrogens is 1. The molecule has 2 heterocycles. The zero-order chi connectivity index (χ0) is 28.3. The summed E-state index contributed by atoms with van der Waals surface area (Å²) < 4.78 is 44.3. The minimum Gasteiger partial charge on any atom is -0.406 e. The Bertz CT molecular complexity index is 1200. The van der Waals surface area contributed by atoms with Gasteiger partial charge in [-0.1, -0.05) is 19.3 Å². The molecule has 7 nitrogen and oxygen atoms in total. The zero-order valence-electron chi connectivity index (χ0n) is 22.9. The van der Waals surface area contributed by atoms with Crippen molar-refractivity contribution in [3.63, 3.8) is 0 Å². The monoisotopic (exact) mass is 549 g/mol. The molecule has 39 heavy (non-hydrogen) atoms. The van der Waals surface area contributed by atoms with Gasteiger partial charge >= 0.3 is 6.36 Å². The van der Waals surface area contributed by atoms with Gasteiger partial charge in [-0.15, -0.1) is 13.2 Å². The number of carbonyl (C=O) groups excluding carboxylic acids is 3. The van der Waals surface area contributed by atoms with Crippen LogP contribution in [0, 0.1) is 11.8 Å². The lowest BCUT2D eigenvalue weighted by Crippen LogP contribution is -2.45. The van der Waals surface area contributed by atoms with Gasteiger partial charge in [-0.3, -0.25) is 14.4 Å². The molecule has 0 bridgehead atoms. The molecule has 0 radical (unpaired) electrons. The van der Waals surface area contributed by atoms with Crippen molar-refractivity contribution in [3.8, 4) is 5.75 Å². The molecule has 1 aromatic heterocycles. The van der Waals surface area contributed by atoms with E-state index >= 15 is 0 Å². The molecule has 2 aliphatic rings. The lowest BCUT2D eigenvalue weighted by atomic mass is 9.76. The molecule has 2 aromatic rings. The van der Waals surface area contributed by atoms with E-state index in [9.17, 15) is 27.6 Å². The van der Waals surface area contributed by atoms with Crippen molar-refractivity contribution in [3.05, 3.63) is 30.0 Å². The molecule has 214 valence electrons. The number of nitrogens with one attached hydrogen (secondary N) is 1. The summed E-state index contributed by atoms with van der Waals surface area (Å²) in [6, 6.07) is 3.54. The highest BCUT2D eigenvalue weighted by atomic mass is 19.4. The Balaban J connectivity index is 1.59. The summed E-state index contributed by atoms with van der Waals surface area (Å²) in [6.07, 6.45) is 3.82. The van der Waals surface area contributed by atoms with Crippen LogP contribution >= 0.6 is 0 Å². The highest BCUT2D eigenvalue weighted by Gasteiger charge is 2.39. The number of fused-ring (bicyclic) bond motifs is 1. The molecule has 1 aliphatic carbocycles. The van der Waals surface area contributed by atoms with Crippen molar-refractivity contribution in [2.75, 3.05) is 13.6 Å². The zero-order valence-corrected chi connectivity index (χ0v) is 22.9. The first-order valence-electron chi connectivity index (χ1n) is 13.9. The standard InChI is InChI=1S/C29H38F3N3O4/c1-18(33-3)27(37)15-23(20-8-5-4-6-9-20)28(38)35-13-7-10-21(35)16-34-17-25(19(2)36)24-14-22(11-12-26(24)34)39-29(30,31)32/h11-12,14,17-18,20-21,23,33H,4-10,13,15-16H2,1-3H3/t18-,21-,23-/m0/s1. The first-order chi connectivity index (χ1) is 18.5. The molecule has 1 N–H and O–H groups in total. The molecule has 3 atom stereocenters. The van der Waals surface area contributed by atoms with E-state index in [-0.39, 0.29) is 53.6 Å². The van der Waals surface area contributed by atoms with E-state index in [0.717, 1.165) is 44.9 Å². The van der Waals surface area contributed by atoms with E-state index in [0.29, 0.717) is 29.6 Å². The second kappa shape index (κ2) is 12.1. The van der Waals surface area contributed by atoms with E-state index in [2.05, 4.69) is 10.1 Å². The third kappa shape index (κ3) is 6.83. The van der Waals surface area contributed by atoms with E-state index < -0.39 is 6.36 Å². The summed E-state index contributed by atoms with van der Waals surface area (Å²) in [5.41, 5.74) is 0.913. The number of carbonyl (C=O) groups is 3. The molecular weight excluding hydrogens is 511 g/mol. The number of likely N-dealkylation sites (N-methyl/N-ethyl adjacent to an activating group) is 1. The van der Waals surface area contributed by atoms with Crippen LogP contribution in [-0.2, 0) is 16.1 Å². The first kappa shape index (κ1) is 29.1. The lowest BCUT2D eigenvalue weighted by Gasteiger charge is -2.35. The minimum atomic E-state index is -4.83. The molecule has 2 fully saturated rings. The van der Waals surface area contributed by atoms with Crippen LogP contribution in [0.5, 0.6) is 5.75 Å². The molecule has 10 heteroatoms. The number of nitrogens with zero attached hydrogens (tertiary/aromatic N) is 2. The summed E-state index contributed by atoms with van der Waals surface area (Å²) in [5, 5.41) is 3.37. The predicted octanol–water partition coefficient (Wildman–Crippen LogP) is 5.50. The number of hydrogen-bond donors (Lipinski definition) is 1. The van der Waals surface area contributed by atoms with Crippen molar-refractivity contribution in [1.29, 1.82) is 0 Å². The van der Waals surface area contributed by atoms with Crippen molar-refractivity contribution in [1.82, 2.24) is 14.8 Å². The van der Waals surface area contributed by atoms with E-state index in [1.807, 2.05) is 16.4 Å². The molecular formula is C29H38F3N3O4. The maximum absolute atomic E-state index is 14.0. The largest absolute Gasteiger partial charge is 0.573 e. The van der Waals surface area contributed by atoms with Crippen LogP contribution in [0.1, 0.15) is 75.6 Å². The molecule has 1 amide bonds. The molecule has 1 saturated heterocycles. The van der Waals surface area contributed by atoms with Crippen LogP contribution in [0.4, 0.5) is 13.2 Å². The Morgan fingerprint density at radius 3 is 2.46 bits per heavy atom. The average molecular weight is 550 g/mol. The Morgan fingerprint density at radius 1 is 1.10 bits per heavy atom. The molecule has 0 spiro atoms. The van der Waals surface area contributed by atoms with E-state index in [4.69, 9.17) is 0 Å². The van der Waals surface area contributed by atoms with E-state index in [1.165, 1.54) is 25.1 Å². The average Bonchev–Trinajstić information content (AvgIpc) is 3.50. The number of amides is 1. The minimum absolute atomic E-state index is 0.0187. The molecule has 1 aromatic carbocycles. The number of benzene rings is 1. The van der Waals surface area contributed by atoms with Crippen LogP contribution in [0.15, 0.2) is 24.4 Å². The van der Waals surface area contributed by atoms with Gasteiger partial charge in [0, 0.05) is 54.1 Å². The second-order valence-electron chi connectivity index (χ2n) is 11.0. The number of hydrogen-bond acceptors (Lipinski definition) is 5. The number of likely N-dealkylation sites (tertiary alicyclic amines) is 1. The lowest BCUT2D eigenvalue weighted by molar-refractivity contribution is -0.274. The fourth-order valence-corrected chi connectivity index (χ4v) is 6.21. The molecule has 1 aliphatic heterocycles. The smallest absolute Gasteiger partial charge is 0.406 e. The van der Waals surface area contributed by atoms with Gasteiger partial charge in [-0.2, -0.15) is 0 Å². The van der Waals surface area contributed by atoms with Gasteiger partial charge < -0.3 is 19.5 Å². The third-order valence-corrected chi connectivity index (χ3v) is 8.41. The normalized spacial score (nSPS) is 20.3. The summed E-state index contributed by atoms with van der Waals surface area (Å²) >= 11 is 0. The van der Waals surface area contributed by atoms with Gasteiger partial charge in [-0.05, 0) is 70.7 Å². The fraction of sp³-hybridized carbons (Fsp3) is 0.621. The molecule has 1 saturated carbocycles. The van der Waals surface area contributed by atoms with Crippen LogP contribution in [0.25, 0.3) is 10.9 Å². The fourth-order valence-electron chi connectivity index (χ4n) is 6.21. The predicted molar refractivity (Wildman–Crippen MR) is 142 cm³/mol. The summed E-state index contributed by atoms with van der Waals surface area (Å²) in [4.78, 5) is 41.2. The number of halogens is 3. The van der Waals surface area contributed by atoms with Gasteiger partial charge in [0.25, 0.3) is 0 Å². The maximum Gasteiger partial charge on any atom is 0.573 e. The highest BCUT2D eigenvalue weighted by Crippen LogP contribution is 2.36. The van der Waals surface area contributed by atoms with Crippen molar-refractivity contribution >= 4 is 28.4 Å². The number of Topliss-reactive ketones (excluding diaryl/α,β-unsaturated/α-hetero) is 2. The number of ketones is 2. The maximum atomic E-state index is 14.0. The highest BCUT2D eigenvalue weighted by molar-refractivity contribution is 6.07. The van der Waals surface area contributed by atoms with Gasteiger partial charge in [-0.25, -0.2) is 0 Å². The topological polar surface area (TPSA) is 80.6 Å². The van der Waals surface area contributed by atoms with Crippen LogP contribution < -0.4 is 10.1 Å². The molecule has 0 unspecified atom stereocenters. The van der Waals surface area contributed by atoms with E-state index in [1.54, 1.807) is 13.2 Å². The summed E-state index contributed by atoms with van der Waals surface area (Å²) in [7, 11) is 1.74. The third-order valence-electron chi connectivity index (χ3n) is 8.41. The number of ether oxygens (including phenoxy) is 1. The number of rotatable bonds is 10. The Morgan fingerprint density at radius 2 is 1.82 bits per heavy atom. The quantitative estimate of drug-likeness (QED) is 0.396. The van der Waals surface area contributed by atoms with Crippen molar-refractivity contribution in [2.45, 2.75) is 90.2 Å². The summed E-state index contributed by atoms with van der Waals surface area (Å²) in [5.74, 6) is -0.767. The van der Waals surface area contributed by atoms with Crippen LogP contribution in [0.3, 0.4) is 0 Å². The second-order valence-corrected chi connectivity index (χ2v) is 11.0. The van der Waals surface area contributed by atoms with Gasteiger partial charge in [0.15, 0.2) is 5.78 Å². The van der Waals surface area contributed by atoms with Crippen LogP contribution in [0.2, 0.25) is 0 Å². The first-order valence-corrected chi connectivity index (χ1v) is 13.9. The Hall–Kier alpha value is -2.88. The van der Waals surface area contributed by atoms with Crippen LogP contribution in [-0.4, -0.2) is 59.0 Å². The van der Waals surface area contributed by atoms with Gasteiger partial charge in [0.05, 0.1) is 6.04 Å². The van der Waals surface area contributed by atoms with Crippen molar-refractivity contribution in [2.24, 2.45) is 11.8 Å². The molecule has 4 rings (SSSR count). The summed E-state index contributed by atoms with van der Waals surface area (Å²) in [6.45, 7) is 4.20.